The van der Waals surface area contributed by atoms with Gasteiger partial charge < -0.3 is 11.4 Å². The maximum atomic E-state index is 12.5. The van der Waals surface area contributed by atoms with Crippen LogP contribution >= 0.6 is 0 Å². The number of hydrogen-bond acceptors (Lipinski definition) is 2. The molecule has 2 aromatic rings. The van der Waals surface area contributed by atoms with Crippen LogP contribution in [0.5, 0.6) is 0 Å². The number of rotatable bonds is 0. The Labute approximate surface area is 114 Å². The maximum absolute atomic E-state index is 12.5. The summed E-state index contributed by atoms with van der Waals surface area (Å²) in [4.78, 5) is 7.64. The first-order valence-corrected chi connectivity index (χ1v) is 4.30. The van der Waals surface area contributed by atoms with E-state index >= 15 is 0 Å². The van der Waals surface area contributed by atoms with Gasteiger partial charge in [-0.1, -0.05) is 12.3 Å². The Bertz CT molecular complexity index is 406. The van der Waals surface area contributed by atoms with Crippen molar-refractivity contribution in [1.29, 1.82) is 0 Å². The molecule has 0 amide bonds. The van der Waals surface area contributed by atoms with E-state index in [9.17, 15) is 4.39 Å². The predicted octanol–water partition coefficient (Wildman–Crippen LogP) is 2.80. The van der Waals surface area contributed by atoms with Crippen molar-refractivity contribution in [3.63, 3.8) is 0 Å². The molecule has 0 saturated carbocycles. The molecule has 0 aliphatic rings. The molecule has 0 saturated heterocycles. The van der Waals surface area contributed by atoms with Gasteiger partial charge in [-0.15, -0.1) is 6.07 Å². The van der Waals surface area contributed by atoms with E-state index in [-0.39, 0.29) is 38.5 Å². The van der Waals surface area contributed by atoms with Gasteiger partial charge in [-0.2, -0.15) is 19.9 Å². The zero-order chi connectivity index (χ0) is 10.4. The van der Waals surface area contributed by atoms with E-state index in [0.717, 1.165) is 0 Å². The maximum Gasteiger partial charge on any atom is 0.131 e. The Morgan fingerprint density at radius 1 is 1.33 bits per heavy atom. The fourth-order valence-corrected chi connectivity index (χ4v) is 0.880. The van der Waals surface area contributed by atoms with Crippen molar-refractivity contribution in [2.24, 2.45) is 0 Å². The minimum Gasteiger partial charge on any atom is -0.385 e. The smallest absolute Gasteiger partial charge is 0.131 e. The van der Waals surface area contributed by atoms with Crippen LogP contribution in [-0.4, -0.2) is 9.97 Å². The summed E-state index contributed by atoms with van der Waals surface area (Å²) in [5.41, 5.74) is 1.22. The fraction of sp³-hybridized carbons (Fsp3) is 0.182. The summed E-state index contributed by atoms with van der Waals surface area (Å²) in [5, 5.41) is 0. The molecule has 77 valence electrons. The first-order chi connectivity index (χ1) is 6.77. The molecule has 0 aliphatic heterocycles. The van der Waals surface area contributed by atoms with Crippen molar-refractivity contribution in [2.75, 3.05) is 0 Å². The van der Waals surface area contributed by atoms with Gasteiger partial charge in [0.15, 0.2) is 0 Å². The molecule has 0 spiro atoms. The fourth-order valence-electron chi connectivity index (χ4n) is 0.880. The molecule has 0 fully saturated rings. The van der Waals surface area contributed by atoms with E-state index in [1.54, 1.807) is 12.1 Å². The average Bonchev–Trinajstić information content (AvgIpc) is 2.19. The molecule has 2 aromatic heterocycles. The quantitative estimate of drug-likeness (QED) is 0.693. The van der Waals surface area contributed by atoms with Gasteiger partial charge in [-0.25, -0.2) is 4.39 Å². The van der Waals surface area contributed by atoms with Crippen LogP contribution in [0, 0.1) is 18.4 Å². The summed E-state index contributed by atoms with van der Waals surface area (Å²) in [5.74, 6) is -0.371. The summed E-state index contributed by atoms with van der Waals surface area (Å²) in [6.07, 6.45) is 5.78. The van der Waals surface area contributed by atoms with Crippen molar-refractivity contribution >= 4 is 11.0 Å². The minimum atomic E-state index is -0.371. The predicted molar refractivity (Wildman–Crippen MR) is 54.0 cm³/mol. The molecule has 1 radical (unpaired) electrons. The van der Waals surface area contributed by atoms with Gasteiger partial charge in [0.2, 0.25) is 0 Å². The molecule has 0 unspecified atom stereocenters. The standard InChI is InChI=1S/C8H4FN2.C3H7.Y/c9-6-4-8-7(11-5-6)2-1-3-10-8;1-3-2;/h1-2,4-5H;3H,1-2H3;/q2*-1;. The number of fused-ring (bicyclic) bond motifs is 1. The van der Waals surface area contributed by atoms with E-state index < -0.39 is 0 Å². The van der Waals surface area contributed by atoms with Gasteiger partial charge in [-0.3, -0.25) is 4.98 Å². The van der Waals surface area contributed by atoms with Crippen LogP contribution in [0.4, 0.5) is 4.39 Å². The molecule has 0 N–H and O–H groups in total. The number of pyridine rings is 2. The molecule has 2 nitrogen and oxygen atoms in total. The van der Waals surface area contributed by atoms with E-state index in [0.29, 0.717) is 11.0 Å². The summed E-state index contributed by atoms with van der Waals surface area (Å²) in [7, 11) is 0. The number of hydrogen-bond donors (Lipinski definition) is 0. The Hall–Kier alpha value is -0.406. The number of aromatic nitrogens is 2. The second-order valence-corrected chi connectivity index (χ2v) is 2.71. The molecule has 2 heterocycles. The third kappa shape index (κ3) is 4.76. The van der Waals surface area contributed by atoms with E-state index in [2.05, 4.69) is 16.2 Å². The summed E-state index contributed by atoms with van der Waals surface area (Å²) in [6.45, 7) is 4.00. The third-order valence-electron chi connectivity index (χ3n) is 1.36. The minimum absolute atomic E-state index is 0. The SMILES string of the molecule is C[CH-]C.Fc1cnc2cc[c-]nc2c1.[Y]. The van der Waals surface area contributed by atoms with Crippen LogP contribution in [0.1, 0.15) is 13.8 Å². The molecular weight excluding hydrogens is 268 g/mol. The van der Waals surface area contributed by atoms with Crippen LogP contribution in [0.3, 0.4) is 0 Å². The topological polar surface area (TPSA) is 25.8 Å². The van der Waals surface area contributed by atoms with Crippen molar-refractivity contribution in [2.45, 2.75) is 13.8 Å². The van der Waals surface area contributed by atoms with Gasteiger partial charge in [0.05, 0.1) is 6.20 Å². The summed E-state index contributed by atoms with van der Waals surface area (Å²) < 4.78 is 12.5. The number of halogens is 1. The second-order valence-electron chi connectivity index (χ2n) is 2.71. The van der Waals surface area contributed by atoms with E-state index in [1.807, 2.05) is 20.3 Å². The van der Waals surface area contributed by atoms with Gasteiger partial charge in [0.25, 0.3) is 0 Å². The van der Waals surface area contributed by atoms with Gasteiger partial charge in [-0.05, 0) is 11.0 Å². The van der Waals surface area contributed by atoms with Crippen molar-refractivity contribution in [1.82, 2.24) is 9.97 Å². The van der Waals surface area contributed by atoms with Gasteiger partial charge in [0, 0.05) is 32.7 Å². The third-order valence-corrected chi connectivity index (χ3v) is 1.36. The van der Waals surface area contributed by atoms with Crippen LogP contribution in [0.15, 0.2) is 24.4 Å². The van der Waals surface area contributed by atoms with Crippen LogP contribution < -0.4 is 0 Å². The molecule has 0 aliphatic carbocycles. The Morgan fingerprint density at radius 2 is 2.00 bits per heavy atom. The molecule has 0 aromatic carbocycles. The van der Waals surface area contributed by atoms with Crippen molar-refractivity contribution in [3.05, 3.63) is 42.8 Å². The average molecular weight is 279 g/mol. The molecular formula is C11H11FN2Y-2. The zero-order valence-electron chi connectivity index (χ0n) is 8.74. The van der Waals surface area contributed by atoms with Crippen LogP contribution in [0.25, 0.3) is 11.0 Å². The molecule has 15 heavy (non-hydrogen) atoms. The van der Waals surface area contributed by atoms with Crippen molar-refractivity contribution in [3.8, 4) is 0 Å². The van der Waals surface area contributed by atoms with Gasteiger partial charge in [0.1, 0.15) is 5.82 Å². The first-order valence-electron chi connectivity index (χ1n) is 4.30. The van der Waals surface area contributed by atoms with E-state index in [1.165, 1.54) is 12.3 Å². The van der Waals surface area contributed by atoms with Crippen molar-refractivity contribution < 1.29 is 37.1 Å². The zero-order valence-corrected chi connectivity index (χ0v) is 11.6. The van der Waals surface area contributed by atoms with Gasteiger partial charge >= 0.3 is 0 Å². The Balaban J connectivity index is 0.000000443. The van der Waals surface area contributed by atoms with Crippen LogP contribution in [0.2, 0.25) is 0 Å². The Morgan fingerprint density at radius 3 is 2.67 bits per heavy atom. The largest absolute Gasteiger partial charge is 0.385 e. The summed E-state index contributed by atoms with van der Waals surface area (Å²) in [6, 6.07) is 4.72. The summed E-state index contributed by atoms with van der Waals surface area (Å²) >= 11 is 0. The molecule has 0 bridgehead atoms. The number of nitrogens with zero attached hydrogens (tertiary/aromatic N) is 2. The molecule has 0 atom stereocenters. The Kier molecular flexibility index (Phi) is 7.62. The normalized spacial score (nSPS) is 8.73. The van der Waals surface area contributed by atoms with Crippen LogP contribution in [-0.2, 0) is 32.7 Å². The second kappa shape index (κ2) is 7.83. The molecule has 2 rings (SSSR count). The monoisotopic (exact) mass is 279 g/mol. The van der Waals surface area contributed by atoms with E-state index in [4.69, 9.17) is 0 Å². The molecule has 4 heteroatoms. The first kappa shape index (κ1) is 14.6.